The molecule has 0 amide bonds. The number of benzene rings is 2. The molecular weight excluding hydrogens is 362 g/mol. The Hall–Kier alpha value is -2.80. The number of aryl methyl sites for hydroxylation is 1. The Balaban J connectivity index is 1.85. The number of fused-ring (bicyclic) bond motifs is 2. The lowest BCUT2D eigenvalue weighted by atomic mass is 9.86. The van der Waals surface area contributed by atoms with E-state index in [1.807, 2.05) is 0 Å². The molecule has 0 heterocycles. The van der Waals surface area contributed by atoms with Crippen LogP contribution in [0.15, 0.2) is 77.2 Å². The first-order valence-electron chi connectivity index (χ1n) is 11.4. The number of anilines is 1. The molecule has 3 aliphatic carbocycles. The zero-order valence-electron chi connectivity index (χ0n) is 18.5. The summed E-state index contributed by atoms with van der Waals surface area (Å²) in [4.78, 5) is 2.59. The van der Waals surface area contributed by atoms with E-state index in [4.69, 9.17) is 0 Å². The third-order valence-electron chi connectivity index (χ3n) is 6.78. The van der Waals surface area contributed by atoms with E-state index in [2.05, 4.69) is 86.4 Å². The van der Waals surface area contributed by atoms with Crippen LogP contribution in [-0.2, 0) is 6.42 Å². The molecule has 5 rings (SSSR count). The van der Waals surface area contributed by atoms with Crippen LogP contribution in [0.3, 0.4) is 0 Å². The highest BCUT2D eigenvalue weighted by atomic mass is 15.2. The summed E-state index contributed by atoms with van der Waals surface area (Å²) >= 11 is 0. The van der Waals surface area contributed by atoms with Crippen LogP contribution in [0.2, 0.25) is 0 Å². The minimum atomic E-state index is 1.09. The summed E-state index contributed by atoms with van der Waals surface area (Å²) in [6.45, 7) is 6.82. The molecule has 0 aromatic heterocycles. The molecule has 0 spiro atoms. The van der Waals surface area contributed by atoms with Gasteiger partial charge in [0, 0.05) is 22.3 Å². The average molecular weight is 394 g/mol. The molecule has 0 N–H and O–H groups in total. The zero-order valence-corrected chi connectivity index (χ0v) is 18.5. The first-order valence-corrected chi connectivity index (χ1v) is 11.4. The van der Waals surface area contributed by atoms with Crippen LogP contribution < -0.4 is 4.90 Å². The van der Waals surface area contributed by atoms with Gasteiger partial charge in [-0.05, 0) is 88.0 Å². The summed E-state index contributed by atoms with van der Waals surface area (Å²) < 4.78 is 0. The van der Waals surface area contributed by atoms with Crippen molar-refractivity contribution < 1.29 is 0 Å². The summed E-state index contributed by atoms with van der Waals surface area (Å²) in [6.07, 6.45) is 21.1. The highest BCUT2D eigenvalue weighted by Gasteiger charge is 2.26. The maximum atomic E-state index is 2.59. The van der Waals surface area contributed by atoms with Crippen molar-refractivity contribution in [2.24, 2.45) is 0 Å². The van der Waals surface area contributed by atoms with Crippen LogP contribution in [0.5, 0.6) is 0 Å². The number of hydrogen-bond donors (Lipinski definition) is 0. The summed E-state index contributed by atoms with van der Waals surface area (Å²) in [5.41, 5.74) is 11.4. The summed E-state index contributed by atoms with van der Waals surface area (Å²) in [7, 11) is 0. The van der Waals surface area contributed by atoms with E-state index in [1.54, 1.807) is 0 Å². The standard InChI is InChI=1S/C29H31N/c1-20-10-8-12-23(18-20)30(24-13-9-11-21(2)19-24)29-27-16-6-4-14-25(27)22(3)26-15-5-7-17-28(26)29/h4,6-7,10,13-14,16-19H,5,8-9,11-12,15H2,1-3H3. The van der Waals surface area contributed by atoms with Crippen molar-refractivity contribution in [3.8, 4) is 0 Å². The highest BCUT2D eigenvalue weighted by Crippen LogP contribution is 2.44. The number of rotatable bonds is 3. The molecule has 0 saturated heterocycles. The molecule has 0 unspecified atom stereocenters. The van der Waals surface area contributed by atoms with Gasteiger partial charge >= 0.3 is 0 Å². The Bertz CT molecular complexity index is 1170. The van der Waals surface area contributed by atoms with E-state index in [1.165, 1.54) is 62.1 Å². The molecule has 3 aliphatic rings. The first kappa shape index (κ1) is 19.2. The average Bonchev–Trinajstić information content (AvgIpc) is 2.76. The number of hydrogen-bond acceptors (Lipinski definition) is 1. The van der Waals surface area contributed by atoms with Gasteiger partial charge in [0.15, 0.2) is 0 Å². The van der Waals surface area contributed by atoms with Crippen LogP contribution >= 0.6 is 0 Å². The Morgan fingerprint density at radius 1 is 0.800 bits per heavy atom. The van der Waals surface area contributed by atoms with E-state index < -0.39 is 0 Å². The molecule has 30 heavy (non-hydrogen) atoms. The van der Waals surface area contributed by atoms with Crippen molar-refractivity contribution >= 4 is 22.5 Å². The van der Waals surface area contributed by atoms with Gasteiger partial charge in [-0.1, -0.05) is 59.7 Å². The van der Waals surface area contributed by atoms with E-state index in [0.717, 1.165) is 32.1 Å². The monoisotopic (exact) mass is 393 g/mol. The van der Waals surface area contributed by atoms with Crippen LogP contribution in [0.4, 0.5) is 5.69 Å². The second kappa shape index (κ2) is 7.80. The van der Waals surface area contributed by atoms with Gasteiger partial charge in [0.1, 0.15) is 0 Å². The molecule has 0 fully saturated rings. The van der Waals surface area contributed by atoms with Crippen molar-refractivity contribution in [1.82, 2.24) is 0 Å². The number of nitrogens with zero attached hydrogens (tertiary/aromatic N) is 1. The van der Waals surface area contributed by atoms with Gasteiger partial charge in [-0.3, -0.25) is 0 Å². The fourth-order valence-corrected chi connectivity index (χ4v) is 5.28. The molecule has 1 nitrogen and oxygen atoms in total. The van der Waals surface area contributed by atoms with Gasteiger partial charge in [-0.2, -0.15) is 0 Å². The van der Waals surface area contributed by atoms with Crippen molar-refractivity contribution in [2.75, 3.05) is 4.90 Å². The predicted molar refractivity (Wildman–Crippen MR) is 131 cm³/mol. The van der Waals surface area contributed by atoms with E-state index in [-0.39, 0.29) is 0 Å². The summed E-state index contributed by atoms with van der Waals surface area (Å²) in [5, 5.41) is 2.76. The molecule has 0 radical (unpaired) electrons. The largest absolute Gasteiger partial charge is 0.313 e. The molecule has 152 valence electrons. The van der Waals surface area contributed by atoms with Crippen molar-refractivity contribution in [1.29, 1.82) is 0 Å². The lowest BCUT2D eigenvalue weighted by molar-refractivity contribution is 0.865. The molecule has 0 atom stereocenters. The molecule has 0 saturated carbocycles. The van der Waals surface area contributed by atoms with Gasteiger partial charge in [0.25, 0.3) is 0 Å². The third-order valence-corrected chi connectivity index (χ3v) is 6.78. The second-order valence-corrected chi connectivity index (χ2v) is 8.97. The van der Waals surface area contributed by atoms with Crippen LogP contribution in [0, 0.1) is 6.92 Å². The molecular formula is C29H31N. The van der Waals surface area contributed by atoms with Crippen LogP contribution in [0.1, 0.15) is 62.6 Å². The molecule has 2 aromatic rings. The topological polar surface area (TPSA) is 3.24 Å². The Labute approximate surface area is 180 Å². The first-order chi connectivity index (χ1) is 14.6. The van der Waals surface area contributed by atoms with Crippen molar-refractivity contribution in [3.05, 3.63) is 93.9 Å². The minimum absolute atomic E-state index is 1.09. The second-order valence-electron chi connectivity index (χ2n) is 8.97. The lowest BCUT2D eigenvalue weighted by Crippen LogP contribution is -2.25. The van der Waals surface area contributed by atoms with Crippen LogP contribution in [-0.4, -0.2) is 0 Å². The van der Waals surface area contributed by atoms with Gasteiger partial charge < -0.3 is 4.90 Å². The number of allylic oxidation sites excluding steroid dienone is 8. The van der Waals surface area contributed by atoms with Crippen molar-refractivity contribution in [3.63, 3.8) is 0 Å². The summed E-state index contributed by atoms with van der Waals surface area (Å²) in [6, 6.07) is 9.01. The van der Waals surface area contributed by atoms with E-state index >= 15 is 0 Å². The Kier molecular flexibility index (Phi) is 4.98. The van der Waals surface area contributed by atoms with Crippen molar-refractivity contribution in [2.45, 2.75) is 59.3 Å². The fourth-order valence-electron chi connectivity index (χ4n) is 5.28. The Morgan fingerprint density at radius 2 is 1.60 bits per heavy atom. The van der Waals surface area contributed by atoms with Gasteiger partial charge in [-0.15, -0.1) is 0 Å². The maximum Gasteiger partial charge on any atom is 0.0611 e. The zero-order chi connectivity index (χ0) is 20.7. The van der Waals surface area contributed by atoms with E-state index in [0.29, 0.717) is 0 Å². The molecule has 0 aliphatic heterocycles. The predicted octanol–water partition coefficient (Wildman–Crippen LogP) is 8.16. The molecule has 2 aromatic carbocycles. The molecule has 1 heteroatoms. The van der Waals surface area contributed by atoms with Gasteiger partial charge in [-0.25, -0.2) is 0 Å². The van der Waals surface area contributed by atoms with E-state index in [9.17, 15) is 0 Å². The summed E-state index contributed by atoms with van der Waals surface area (Å²) in [5.74, 6) is 0. The fraction of sp³-hybridized carbons (Fsp3) is 0.310. The van der Waals surface area contributed by atoms with Gasteiger partial charge in [0.2, 0.25) is 0 Å². The maximum absolute atomic E-state index is 2.59. The quantitative estimate of drug-likeness (QED) is 0.508. The Morgan fingerprint density at radius 3 is 2.40 bits per heavy atom. The van der Waals surface area contributed by atoms with Gasteiger partial charge in [0.05, 0.1) is 5.69 Å². The highest BCUT2D eigenvalue weighted by molar-refractivity contribution is 6.03. The SMILES string of the molecule is CC1=CCCC(N(C2=CCCC(C)=C2)c2c3c(c(C)c4ccccc24)CCC=C3)=C1. The molecule has 0 bridgehead atoms. The smallest absolute Gasteiger partial charge is 0.0611 e. The van der Waals surface area contributed by atoms with Crippen LogP contribution in [0.25, 0.3) is 16.8 Å². The third kappa shape index (κ3) is 3.27. The normalized spacial score (nSPS) is 18.4. The lowest BCUT2D eigenvalue weighted by Gasteiger charge is -2.35. The minimum Gasteiger partial charge on any atom is -0.313 e.